The highest BCUT2D eigenvalue weighted by atomic mass is 19.3. The SMILES string of the molecule is CCn1nc(C)cc1C(=O)N=c1n(C)c2cc(C(N)=O)ccc2n1CC(F)(F)C(F)(F)Cn1c(=NC(=O)c2cc(C)nn2CC)n(C)c2cc(C(N)=O)cc(OCCCO)c21. The first kappa shape index (κ1) is 43.7. The van der Waals surface area contributed by atoms with Crippen LogP contribution in [0.25, 0.3) is 22.1 Å². The van der Waals surface area contributed by atoms with Crippen LogP contribution in [-0.2, 0) is 40.3 Å². The van der Waals surface area contributed by atoms with Crippen molar-refractivity contribution in [3.05, 3.63) is 87.6 Å². The highest BCUT2D eigenvalue weighted by Gasteiger charge is 2.57. The number of aliphatic hydroxyl groups is 1. The van der Waals surface area contributed by atoms with Crippen LogP contribution in [0.15, 0.2) is 52.4 Å². The molecule has 4 amide bonds. The van der Waals surface area contributed by atoms with E-state index in [-0.39, 0.29) is 83.1 Å². The summed E-state index contributed by atoms with van der Waals surface area (Å²) >= 11 is 0. The molecule has 0 aliphatic carbocycles. The van der Waals surface area contributed by atoms with Crippen molar-refractivity contribution in [2.45, 2.75) is 72.1 Å². The van der Waals surface area contributed by atoms with Gasteiger partial charge in [-0.05, 0) is 70.2 Å². The number of ether oxygens (including phenoxy) is 1. The van der Waals surface area contributed by atoms with Crippen molar-refractivity contribution in [1.29, 1.82) is 0 Å². The molecule has 0 bridgehead atoms. The van der Waals surface area contributed by atoms with Gasteiger partial charge < -0.3 is 39.6 Å². The second-order valence-corrected chi connectivity index (χ2v) is 14.3. The number of hydrogen-bond acceptors (Lipinski definition) is 8. The number of hydrogen-bond donors (Lipinski definition) is 3. The number of primary amides is 2. The Labute approximate surface area is 343 Å². The summed E-state index contributed by atoms with van der Waals surface area (Å²) in [7, 11) is 2.69. The first-order chi connectivity index (χ1) is 28.7. The van der Waals surface area contributed by atoms with Gasteiger partial charge in [-0.1, -0.05) is 0 Å². The van der Waals surface area contributed by atoms with Crippen LogP contribution in [0.4, 0.5) is 17.6 Å². The molecule has 18 nitrogen and oxygen atoms in total. The Morgan fingerprint density at radius 2 is 1.21 bits per heavy atom. The predicted octanol–water partition coefficient (Wildman–Crippen LogP) is 2.73. The standard InChI is InChI=1S/C39H44F4N12O6/c1-7-54-28(14-21(3)48-54)34(59)46-36-50(5)26-16-23(32(44)57)10-11-25(26)52(36)19-38(40,41)39(42,43)20-53-31-27(17-24(33(45)58)18-30(31)61-13-9-12-56)51(6)37(53)47-35(60)29-15-22(4)49-55(29)8-2/h10-11,14-18,56H,7-9,12-13,19-20H2,1-6H3,(H2,44,57)(H2,45,58). The number of amides is 4. The summed E-state index contributed by atoms with van der Waals surface area (Å²) in [6, 6.07) is 8.93. The Morgan fingerprint density at radius 3 is 1.72 bits per heavy atom. The van der Waals surface area contributed by atoms with E-state index in [4.69, 9.17) is 16.2 Å². The van der Waals surface area contributed by atoms with Crippen molar-refractivity contribution in [3.8, 4) is 5.75 Å². The van der Waals surface area contributed by atoms with Gasteiger partial charge in [0, 0.05) is 51.3 Å². The molecule has 0 spiro atoms. The number of nitrogens with zero attached hydrogens (tertiary/aromatic N) is 10. The second-order valence-electron chi connectivity index (χ2n) is 14.3. The Balaban J connectivity index is 1.56. The number of imidazole rings is 2. The number of benzene rings is 2. The average Bonchev–Trinajstić information content (AvgIpc) is 3.92. The molecule has 4 heterocycles. The molecule has 0 fully saturated rings. The zero-order valence-corrected chi connectivity index (χ0v) is 34.1. The summed E-state index contributed by atoms with van der Waals surface area (Å²) in [6.45, 7) is 3.14. The van der Waals surface area contributed by atoms with Crippen LogP contribution in [0.1, 0.15) is 73.3 Å². The number of aromatic nitrogens is 8. The van der Waals surface area contributed by atoms with Crippen LogP contribution in [-0.4, -0.2) is 91.6 Å². The van der Waals surface area contributed by atoms with Crippen molar-refractivity contribution in [2.24, 2.45) is 35.5 Å². The van der Waals surface area contributed by atoms with E-state index in [9.17, 15) is 24.3 Å². The van der Waals surface area contributed by atoms with Gasteiger partial charge in [-0.3, -0.25) is 28.5 Å². The monoisotopic (exact) mass is 852 g/mol. The summed E-state index contributed by atoms with van der Waals surface area (Å²) in [5.74, 6) is -13.8. The van der Waals surface area contributed by atoms with Gasteiger partial charge in [0.15, 0.2) is 0 Å². The maximum atomic E-state index is 16.8. The normalized spacial score (nSPS) is 12.9. The lowest BCUT2D eigenvalue weighted by atomic mass is 10.1. The lowest BCUT2D eigenvalue weighted by molar-refractivity contribution is -0.221. The molecule has 61 heavy (non-hydrogen) atoms. The van der Waals surface area contributed by atoms with E-state index in [0.717, 1.165) is 15.2 Å². The third kappa shape index (κ3) is 8.21. The van der Waals surface area contributed by atoms with Crippen molar-refractivity contribution < 1.29 is 46.6 Å². The van der Waals surface area contributed by atoms with E-state index in [1.807, 2.05) is 0 Å². The smallest absolute Gasteiger partial charge is 0.329 e. The molecule has 22 heteroatoms. The summed E-state index contributed by atoms with van der Waals surface area (Å²) in [6.07, 6.45) is 0.0684. The highest BCUT2D eigenvalue weighted by Crippen LogP contribution is 2.39. The van der Waals surface area contributed by atoms with Gasteiger partial charge >= 0.3 is 11.8 Å². The molecule has 0 radical (unpaired) electrons. The first-order valence-corrected chi connectivity index (χ1v) is 19.0. The van der Waals surface area contributed by atoms with Gasteiger partial charge in [0.05, 0.1) is 47.6 Å². The summed E-state index contributed by atoms with van der Waals surface area (Å²) in [4.78, 5) is 60.0. The van der Waals surface area contributed by atoms with Gasteiger partial charge in [-0.2, -0.15) is 37.7 Å². The molecule has 2 aromatic carbocycles. The van der Waals surface area contributed by atoms with Gasteiger partial charge in [-0.25, -0.2) is 0 Å². The minimum atomic E-state index is -4.98. The first-order valence-electron chi connectivity index (χ1n) is 19.0. The molecule has 0 aliphatic heterocycles. The second kappa shape index (κ2) is 16.7. The lowest BCUT2D eigenvalue weighted by Gasteiger charge is -2.28. The fourth-order valence-corrected chi connectivity index (χ4v) is 7.00. The predicted molar refractivity (Wildman–Crippen MR) is 211 cm³/mol. The molecule has 6 rings (SSSR count). The summed E-state index contributed by atoms with van der Waals surface area (Å²) < 4.78 is 79.3. The average molecular weight is 853 g/mol. The maximum Gasteiger partial charge on any atom is 0.329 e. The van der Waals surface area contributed by atoms with E-state index in [2.05, 4.69) is 20.2 Å². The molecule has 0 aliphatic rings. The fourth-order valence-electron chi connectivity index (χ4n) is 7.00. The molecular formula is C39H44F4N12O6. The molecule has 0 saturated heterocycles. The van der Waals surface area contributed by atoms with E-state index >= 15 is 17.6 Å². The Hall–Kier alpha value is -6.84. The molecular weight excluding hydrogens is 808 g/mol. The summed E-state index contributed by atoms with van der Waals surface area (Å²) in [5, 5.41) is 17.9. The zero-order valence-electron chi connectivity index (χ0n) is 34.1. The number of aliphatic hydroxyl groups excluding tert-OH is 1. The number of carbonyl (C=O) groups excluding carboxylic acids is 4. The lowest BCUT2D eigenvalue weighted by Crippen LogP contribution is -2.49. The summed E-state index contributed by atoms with van der Waals surface area (Å²) in [5.41, 5.74) is 10.6. The van der Waals surface area contributed by atoms with Gasteiger partial charge in [0.1, 0.15) is 22.7 Å². The quantitative estimate of drug-likeness (QED) is 0.103. The number of rotatable bonds is 15. The molecule has 0 saturated carbocycles. The Kier molecular flexibility index (Phi) is 11.9. The van der Waals surface area contributed by atoms with Gasteiger partial charge in [0.25, 0.3) is 11.8 Å². The number of carbonyl (C=O) groups is 4. The van der Waals surface area contributed by atoms with E-state index in [1.165, 1.54) is 64.4 Å². The minimum absolute atomic E-state index is 0.0126. The van der Waals surface area contributed by atoms with Crippen molar-refractivity contribution in [2.75, 3.05) is 13.2 Å². The van der Waals surface area contributed by atoms with Gasteiger partial charge in [0.2, 0.25) is 23.1 Å². The van der Waals surface area contributed by atoms with Crippen LogP contribution < -0.4 is 27.4 Å². The number of nitrogens with two attached hydrogens (primary N) is 2. The third-order valence-corrected chi connectivity index (χ3v) is 10.0. The molecule has 5 N–H and O–H groups in total. The van der Waals surface area contributed by atoms with Crippen LogP contribution in [0.3, 0.4) is 0 Å². The van der Waals surface area contributed by atoms with Gasteiger partial charge in [-0.15, -0.1) is 0 Å². The van der Waals surface area contributed by atoms with E-state index in [1.54, 1.807) is 27.7 Å². The van der Waals surface area contributed by atoms with Crippen molar-refractivity contribution >= 4 is 45.7 Å². The van der Waals surface area contributed by atoms with Crippen LogP contribution >= 0.6 is 0 Å². The van der Waals surface area contributed by atoms with Crippen molar-refractivity contribution in [3.63, 3.8) is 0 Å². The van der Waals surface area contributed by atoms with Crippen molar-refractivity contribution in [1.82, 2.24) is 37.8 Å². The molecule has 4 aromatic heterocycles. The molecule has 0 unspecified atom stereocenters. The molecule has 6 aromatic rings. The minimum Gasteiger partial charge on any atom is -0.491 e. The topological polar surface area (TPSA) is 230 Å². The largest absolute Gasteiger partial charge is 0.491 e. The third-order valence-electron chi connectivity index (χ3n) is 10.0. The maximum absolute atomic E-state index is 16.8. The number of aryl methyl sites for hydroxylation is 6. The van der Waals surface area contributed by atoms with E-state index < -0.39 is 59.8 Å². The Morgan fingerprint density at radius 1 is 0.721 bits per heavy atom. The van der Waals surface area contributed by atoms with Crippen LogP contribution in [0.5, 0.6) is 5.75 Å². The fraction of sp³-hybridized carbons (Fsp3) is 0.385. The highest BCUT2D eigenvalue weighted by molar-refractivity contribution is 5.99. The number of fused-ring (bicyclic) bond motifs is 2. The zero-order chi connectivity index (χ0) is 44.7. The van der Waals surface area contributed by atoms with Crippen LogP contribution in [0, 0.1) is 13.8 Å². The Bertz CT molecular complexity index is 2880. The number of alkyl halides is 4. The number of halogens is 4. The van der Waals surface area contributed by atoms with E-state index in [0.29, 0.717) is 16.0 Å². The molecule has 324 valence electrons. The molecule has 0 atom stereocenters. The van der Waals surface area contributed by atoms with Crippen LogP contribution in [0.2, 0.25) is 0 Å².